The number of methoxy groups -OCH3 is 1. The highest BCUT2D eigenvalue weighted by Gasteiger charge is 2.12. The van der Waals surface area contributed by atoms with E-state index in [1.807, 2.05) is 0 Å². The number of hydrogen-bond donors (Lipinski definition) is 3. The third-order valence-corrected chi connectivity index (χ3v) is 2.75. The van der Waals surface area contributed by atoms with Crippen molar-refractivity contribution < 1.29 is 9.53 Å². The van der Waals surface area contributed by atoms with Crippen molar-refractivity contribution in [1.29, 1.82) is 0 Å². The SMILES string of the molecule is COCCNC(=O)CNCC1CCCNC1. The Balaban J connectivity index is 1.94. The summed E-state index contributed by atoms with van der Waals surface area (Å²) < 4.78 is 4.85. The van der Waals surface area contributed by atoms with E-state index in [1.54, 1.807) is 7.11 Å². The summed E-state index contributed by atoms with van der Waals surface area (Å²) in [5.74, 6) is 0.710. The van der Waals surface area contributed by atoms with Crippen LogP contribution in [0.4, 0.5) is 0 Å². The van der Waals surface area contributed by atoms with Crippen molar-refractivity contribution in [1.82, 2.24) is 16.0 Å². The van der Waals surface area contributed by atoms with Crippen LogP contribution in [0.1, 0.15) is 12.8 Å². The highest BCUT2D eigenvalue weighted by molar-refractivity contribution is 5.77. The Bertz CT molecular complexity index is 194. The number of ether oxygens (including phenoxy) is 1. The molecule has 16 heavy (non-hydrogen) atoms. The third kappa shape index (κ3) is 6.05. The molecule has 94 valence electrons. The number of carbonyl (C=O) groups is 1. The zero-order valence-corrected chi connectivity index (χ0v) is 10.1. The molecule has 5 heteroatoms. The van der Waals surface area contributed by atoms with E-state index in [2.05, 4.69) is 16.0 Å². The van der Waals surface area contributed by atoms with Crippen molar-refractivity contribution in [2.45, 2.75) is 12.8 Å². The van der Waals surface area contributed by atoms with Crippen molar-refractivity contribution in [2.24, 2.45) is 5.92 Å². The standard InChI is InChI=1S/C11H23N3O2/c1-16-6-5-14-11(15)9-13-8-10-3-2-4-12-7-10/h10,12-13H,2-9H2,1H3,(H,14,15). The van der Waals surface area contributed by atoms with Gasteiger partial charge in [0.15, 0.2) is 0 Å². The predicted molar refractivity (Wildman–Crippen MR) is 63.3 cm³/mol. The van der Waals surface area contributed by atoms with Gasteiger partial charge in [0, 0.05) is 13.7 Å². The Hall–Kier alpha value is -0.650. The van der Waals surface area contributed by atoms with Crippen LogP contribution in [-0.2, 0) is 9.53 Å². The largest absolute Gasteiger partial charge is 0.383 e. The van der Waals surface area contributed by atoms with Crippen LogP contribution in [0.3, 0.4) is 0 Å². The molecule has 3 N–H and O–H groups in total. The van der Waals surface area contributed by atoms with Gasteiger partial charge in [-0.05, 0) is 38.4 Å². The van der Waals surface area contributed by atoms with Gasteiger partial charge in [0.05, 0.1) is 13.2 Å². The lowest BCUT2D eigenvalue weighted by Crippen LogP contribution is -2.40. The molecule has 1 aliphatic heterocycles. The molecule has 1 rings (SSSR count). The molecular weight excluding hydrogens is 206 g/mol. The first-order valence-electron chi connectivity index (χ1n) is 6.00. The number of piperidine rings is 1. The quantitative estimate of drug-likeness (QED) is 0.507. The molecule has 0 aliphatic carbocycles. The van der Waals surface area contributed by atoms with Gasteiger partial charge >= 0.3 is 0 Å². The van der Waals surface area contributed by atoms with Crippen molar-refractivity contribution >= 4 is 5.91 Å². The van der Waals surface area contributed by atoms with Crippen LogP contribution in [0.15, 0.2) is 0 Å². The molecule has 1 heterocycles. The van der Waals surface area contributed by atoms with Crippen LogP contribution in [-0.4, -0.2) is 52.3 Å². The van der Waals surface area contributed by atoms with Gasteiger partial charge in [-0.2, -0.15) is 0 Å². The van der Waals surface area contributed by atoms with Gasteiger partial charge in [-0.15, -0.1) is 0 Å². The molecule has 0 radical (unpaired) electrons. The molecule has 1 fully saturated rings. The first kappa shape index (κ1) is 13.4. The van der Waals surface area contributed by atoms with E-state index in [9.17, 15) is 4.79 Å². The van der Waals surface area contributed by atoms with Crippen LogP contribution in [0, 0.1) is 5.92 Å². The minimum Gasteiger partial charge on any atom is -0.383 e. The summed E-state index contributed by atoms with van der Waals surface area (Å²) in [4.78, 5) is 11.3. The summed E-state index contributed by atoms with van der Waals surface area (Å²) in [7, 11) is 1.63. The lowest BCUT2D eigenvalue weighted by molar-refractivity contribution is -0.120. The number of rotatable bonds is 7. The Morgan fingerprint density at radius 1 is 1.56 bits per heavy atom. The summed E-state index contributed by atoms with van der Waals surface area (Å²) in [6, 6.07) is 0. The fourth-order valence-electron chi connectivity index (χ4n) is 1.84. The first-order chi connectivity index (χ1) is 7.83. The Morgan fingerprint density at radius 2 is 2.44 bits per heavy atom. The second kappa shape index (κ2) is 8.50. The Labute approximate surface area is 97.3 Å². The van der Waals surface area contributed by atoms with Crippen molar-refractivity contribution in [3.63, 3.8) is 0 Å². The second-order valence-electron chi connectivity index (χ2n) is 4.19. The van der Waals surface area contributed by atoms with Gasteiger partial charge in [0.25, 0.3) is 0 Å². The zero-order valence-electron chi connectivity index (χ0n) is 10.1. The van der Waals surface area contributed by atoms with Crippen LogP contribution in [0.5, 0.6) is 0 Å². The third-order valence-electron chi connectivity index (χ3n) is 2.75. The monoisotopic (exact) mass is 229 g/mol. The lowest BCUT2D eigenvalue weighted by atomic mass is 10.00. The van der Waals surface area contributed by atoms with E-state index in [0.29, 0.717) is 25.6 Å². The number of carbonyl (C=O) groups excluding carboxylic acids is 1. The summed E-state index contributed by atoms with van der Waals surface area (Å²) >= 11 is 0. The smallest absolute Gasteiger partial charge is 0.234 e. The molecule has 0 aromatic carbocycles. The molecule has 0 bridgehead atoms. The molecule has 1 atom stereocenters. The van der Waals surface area contributed by atoms with Gasteiger partial charge in [-0.1, -0.05) is 0 Å². The molecule has 1 unspecified atom stereocenters. The normalized spacial score (nSPS) is 20.7. The van der Waals surface area contributed by atoms with Crippen molar-refractivity contribution in [3.05, 3.63) is 0 Å². The molecular formula is C11H23N3O2. The van der Waals surface area contributed by atoms with E-state index in [4.69, 9.17) is 4.74 Å². The van der Waals surface area contributed by atoms with E-state index < -0.39 is 0 Å². The summed E-state index contributed by atoms with van der Waals surface area (Å²) in [5.41, 5.74) is 0. The maximum atomic E-state index is 11.3. The van der Waals surface area contributed by atoms with Gasteiger partial charge in [0.1, 0.15) is 0 Å². The highest BCUT2D eigenvalue weighted by Crippen LogP contribution is 2.07. The van der Waals surface area contributed by atoms with Crippen molar-refractivity contribution in [2.75, 3.05) is 46.4 Å². The molecule has 0 spiro atoms. The van der Waals surface area contributed by atoms with E-state index in [0.717, 1.165) is 19.6 Å². The van der Waals surface area contributed by atoms with Gasteiger partial charge in [-0.3, -0.25) is 4.79 Å². The lowest BCUT2D eigenvalue weighted by Gasteiger charge is -2.22. The van der Waals surface area contributed by atoms with Crippen LogP contribution in [0.2, 0.25) is 0 Å². The van der Waals surface area contributed by atoms with E-state index in [1.165, 1.54) is 12.8 Å². The number of hydrogen-bond acceptors (Lipinski definition) is 4. The maximum Gasteiger partial charge on any atom is 0.234 e. The predicted octanol–water partition coefficient (Wildman–Crippen LogP) is -0.662. The van der Waals surface area contributed by atoms with Gasteiger partial charge in [0.2, 0.25) is 5.91 Å². The van der Waals surface area contributed by atoms with Gasteiger partial charge < -0.3 is 20.7 Å². The summed E-state index contributed by atoms with van der Waals surface area (Å²) in [5, 5.41) is 9.33. The molecule has 1 aliphatic rings. The van der Waals surface area contributed by atoms with Gasteiger partial charge in [-0.25, -0.2) is 0 Å². The molecule has 1 saturated heterocycles. The van der Waals surface area contributed by atoms with Crippen LogP contribution in [0.25, 0.3) is 0 Å². The number of amides is 1. The molecule has 0 aromatic heterocycles. The van der Waals surface area contributed by atoms with E-state index in [-0.39, 0.29) is 5.91 Å². The zero-order chi connectivity index (χ0) is 11.6. The molecule has 0 saturated carbocycles. The van der Waals surface area contributed by atoms with Crippen LogP contribution >= 0.6 is 0 Å². The fraction of sp³-hybridized carbons (Fsp3) is 0.909. The maximum absolute atomic E-state index is 11.3. The summed E-state index contributed by atoms with van der Waals surface area (Å²) in [6.45, 7) is 4.68. The van der Waals surface area contributed by atoms with E-state index >= 15 is 0 Å². The average Bonchev–Trinajstić information content (AvgIpc) is 2.31. The first-order valence-corrected chi connectivity index (χ1v) is 6.00. The average molecular weight is 229 g/mol. The topological polar surface area (TPSA) is 62.4 Å². The Morgan fingerprint density at radius 3 is 3.12 bits per heavy atom. The molecule has 5 nitrogen and oxygen atoms in total. The fourth-order valence-corrected chi connectivity index (χ4v) is 1.84. The molecule has 1 amide bonds. The second-order valence-corrected chi connectivity index (χ2v) is 4.19. The summed E-state index contributed by atoms with van der Waals surface area (Å²) in [6.07, 6.45) is 2.50. The van der Waals surface area contributed by atoms with Crippen molar-refractivity contribution in [3.8, 4) is 0 Å². The molecule has 0 aromatic rings. The highest BCUT2D eigenvalue weighted by atomic mass is 16.5. The Kier molecular flexibility index (Phi) is 7.12. The minimum absolute atomic E-state index is 0.0424. The number of nitrogens with one attached hydrogen (secondary N) is 3. The minimum atomic E-state index is 0.0424. The van der Waals surface area contributed by atoms with Crippen LogP contribution < -0.4 is 16.0 Å².